The number of carbonyl (C=O) groups excluding carboxylic acids is 2. The molecule has 5 nitrogen and oxygen atoms in total. The number of fused-ring (bicyclic) bond motifs is 1. The molecule has 2 saturated heterocycles. The zero-order valence-electron chi connectivity index (χ0n) is 10.2. The zero-order chi connectivity index (χ0) is 12.1. The summed E-state index contributed by atoms with van der Waals surface area (Å²) in [5.41, 5.74) is -0.443. The molecule has 0 N–H and O–H groups in total. The first-order valence-corrected chi connectivity index (χ1v) is 5.53. The molecule has 2 unspecified atom stereocenters. The van der Waals surface area contributed by atoms with E-state index in [0.29, 0.717) is 13.0 Å². The molecule has 0 aromatic carbocycles. The maximum absolute atomic E-state index is 12.1. The number of nitrogens with zero attached hydrogens (tertiary/aromatic N) is 2. The van der Waals surface area contributed by atoms with Gasteiger partial charge in [0.15, 0.2) is 0 Å². The van der Waals surface area contributed by atoms with Gasteiger partial charge in [-0.1, -0.05) is 0 Å². The van der Waals surface area contributed by atoms with Gasteiger partial charge in [0.2, 0.25) is 0 Å². The van der Waals surface area contributed by atoms with E-state index < -0.39 is 5.54 Å². The van der Waals surface area contributed by atoms with Crippen molar-refractivity contribution in [2.45, 2.75) is 44.9 Å². The third-order valence-corrected chi connectivity index (χ3v) is 3.21. The minimum Gasteiger partial charge on any atom is -0.380 e. The fourth-order valence-corrected chi connectivity index (χ4v) is 2.40. The van der Waals surface area contributed by atoms with E-state index in [1.165, 1.54) is 4.90 Å². The van der Waals surface area contributed by atoms with Crippen LogP contribution in [0.3, 0.4) is 0 Å². The van der Waals surface area contributed by atoms with Crippen LogP contribution in [0.4, 0.5) is 4.79 Å². The van der Waals surface area contributed by atoms with Gasteiger partial charge in [0.25, 0.3) is 5.91 Å². The van der Waals surface area contributed by atoms with Crippen molar-refractivity contribution in [2.24, 2.45) is 0 Å². The Morgan fingerprint density at radius 2 is 1.94 bits per heavy atom. The first-order valence-electron chi connectivity index (χ1n) is 5.53. The Morgan fingerprint density at radius 1 is 1.31 bits per heavy atom. The fourth-order valence-electron chi connectivity index (χ4n) is 2.40. The van der Waals surface area contributed by atoms with Crippen LogP contribution < -0.4 is 0 Å². The topological polar surface area (TPSA) is 49.9 Å². The standard InChI is InChI=1S/C11H18N2O3/c1-11(2,3)13-9(14)8-5-7(16-4)6-12(8)10(13)15/h7-8H,5-6H2,1-4H3. The van der Waals surface area contributed by atoms with Crippen LogP contribution in [-0.4, -0.2) is 53.1 Å². The van der Waals surface area contributed by atoms with E-state index in [1.54, 1.807) is 12.0 Å². The van der Waals surface area contributed by atoms with Crippen LogP contribution in [0.1, 0.15) is 27.2 Å². The van der Waals surface area contributed by atoms with Gasteiger partial charge in [-0.2, -0.15) is 0 Å². The maximum Gasteiger partial charge on any atom is 0.328 e. The molecule has 0 radical (unpaired) electrons. The molecule has 2 aliphatic heterocycles. The molecule has 2 fully saturated rings. The van der Waals surface area contributed by atoms with Crippen LogP contribution in [0.25, 0.3) is 0 Å². The molecule has 2 rings (SSSR count). The molecule has 2 heterocycles. The smallest absolute Gasteiger partial charge is 0.328 e. The Labute approximate surface area is 95.3 Å². The molecule has 0 aromatic heterocycles. The Bertz CT molecular complexity index is 311. The number of carbonyl (C=O) groups is 2. The lowest BCUT2D eigenvalue weighted by atomic mass is 10.1. The summed E-state index contributed by atoms with van der Waals surface area (Å²) < 4.78 is 5.20. The molecule has 5 heteroatoms. The normalized spacial score (nSPS) is 30.2. The van der Waals surface area contributed by atoms with Crippen molar-refractivity contribution in [3.63, 3.8) is 0 Å². The second-order valence-electron chi connectivity index (χ2n) is 5.39. The second kappa shape index (κ2) is 3.45. The predicted octanol–water partition coefficient (Wildman–Crippen LogP) is 0.836. The van der Waals surface area contributed by atoms with Crippen molar-refractivity contribution in [2.75, 3.05) is 13.7 Å². The number of hydrogen-bond acceptors (Lipinski definition) is 3. The van der Waals surface area contributed by atoms with Crippen LogP contribution in [0.2, 0.25) is 0 Å². The molecular formula is C11H18N2O3. The van der Waals surface area contributed by atoms with Crippen molar-refractivity contribution in [1.82, 2.24) is 9.80 Å². The Morgan fingerprint density at radius 3 is 2.38 bits per heavy atom. The predicted molar refractivity (Wildman–Crippen MR) is 57.9 cm³/mol. The molecule has 2 aliphatic rings. The molecule has 0 aromatic rings. The van der Waals surface area contributed by atoms with Crippen LogP contribution in [0.5, 0.6) is 0 Å². The SMILES string of the molecule is COC1CC2C(=O)N(C(C)(C)C)C(=O)N2C1. The van der Waals surface area contributed by atoms with Gasteiger partial charge in [-0.3, -0.25) is 9.69 Å². The lowest BCUT2D eigenvalue weighted by Gasteiger charge is -2.30. The monoisotopic (exact) mass is 226 g/mol. The number of hydrogen-bond donors (Lipinski definition) is 0. The number of methoxy groups -OCH3 is 1. The molecular weight excluding hydrogens is 208 g/mol. The molecule has 0 saturated carbocycles. The number of ether oxygens (including phenoxy) is 1. The Hall–Kier alpha value is -1.10. The highest BCUT2D eigenvalue weighted by Gasteiger charge is 2.53. The summed E-state index contributed by atoms with van der Waals surface area (Å²) >= 11 is 0. The highest BCUT2D eigenvalue weighted by Crippen LogP contribution is 2.32. The van der Waals surface area contributed by atoms with Crippen molar-refractivity contribution in [1.29, 1.82) is 0 Å². The van der Waals surface area contributed by atoms with Gasteiger partial charge in [0.05, 0.1) is 6.10 Å². The summed E-state index contributed by atoms with van der Waals surface area (Å²) in [6, 6.07) is -0.487. The van der Waals surface area contributed by atoms with Crippen LogP contribution >= 0.6 is 0 Å². The molecule has 0 aliphatic carbocycles. The summed E-state index contributed by atoms with van der Waals surface area (Å²) in [6.07, 6.45) is 0.619. The Balaban J connectivity index is 2.23. The summed E-state index contributed by atoms with van der Waals surface area (Å²) in [5.74, 6) is -0.0861. The van der Waals surface area contributed by atoms with Crippen molar-refractivity contribution in [3.8, 4) is 0 Å². The van der Waals surface area contributed by atoms with Gasteiger partial charge < -0.3 is 9.64 Å². The van der Waals surface area contributed by atoms with Crippen LogP contribution in [0, 0.1) is 0 Å². The lowest BCUT2D eigenvalue weighted by Crippen LogP contribution is -2.47. The summed E-state index contributed by atoms with van der Waals surface area (Å²) in [4.78, 5) is 27.2. The van der Waals surface area contributed by atoms with E-state index in [4.69, 9.17) is 4.74 Å². The van der Waals surface area contributed by atoms with Crippen LogP contribution in [0.15, 0.2) is 0 Å². The second-order valence-corrected chi connectivity index (χ2v) is 5.39. The van der Waals surface area contributed by atoms with E-state index in [-0.39, 0.29) is 24.1 Å². The summed E-state index contributed by atoms with van der Waals surface area (Å²) in [7, 11) is 1.61. The van der Waals surface area contributed by atoms with E-state index in [0.717, 1.165) is 0 Å². The average molecular weight is 226 g/mol. The molecule has 0 bridgehead atoms. The third kappa shape index (κ3) is 1.50. The number of rotatable bonds is 1. The van der Waals surface area contributed by atoms with E-state index in [9.17, 15) is 9.59 Å². The molecule has 90 valence electrons. The molecule has 0 spiro atoms. The third-order valence-electron chi connectivity index (χ3n) is 3.21. The number of urea groups is 1. The maximum atomic E-state index is 12.1. The minimum absolute atomic E-state index is 0.0000170. The average Bonchev–Trinajstić information content (AvgIpc) is 2.66. The van der Waals surface area contributed by atoms with Crippen molar-refractivity contribution in [3.05, 3.63) is 0 Å². The van der Waals surface area contributed by atoms with E-state index in [2.05, 4.69) is 0 Å². The molecule has 2 atom stereocenters. The molecule has 16 heavy (non-hydrogen) atoms. The number of imide groups is 1. The van der Waals surface area contributed by atoms with E-state index in [1.807, 2.05) is 20.8 Å². The van der Waals surface area contributed by atoms with Gasteiger partial charge in [0, 0.05) is 25.6 Å². The van der Waals surface area contributed by atoms with Gasteiger partial charge in [0.1, 0.15) is 6.04 Å². The summed E-state index contributed by atoms with van der Waals surface area (Å²) in [5, 5.41) is 0. The van der Waals surface area contributed by atoms with Gasteiger partial charge in [-0.25, -0.2) is 4.79 Å². The first kappa shape index (κ1) is 11.4. The zero-order valence-corrected chi connectivity index (χ0v) is 10.2. The quantitative estimate of drug-likeness (QED) is 0.622. The van der Waals surface area contributed by atoms with Gasteiger partial charge in [-0.05, 0) is 20.8 Å². The van der Waals surface area contributed by atoms with Crippen molar-refractivity contribution < 1.29 is 14.3 Å². The summed E-state index contributed by atoms with van der Waals surface area (Å²) in [6.45, 7) is 6.15. The highest BCUT2D eigenvalue weighted by atomic mass is 16.5. The fraction of sp³-hybridized carbons (Fsp3) is 0.818. The minimum atomic E-state index is -0.443. The van der Waals surface area contributed by atoms with Crippen molar-refractivity contribution >= 4 is 11.9 Å². The number of amides is 3. The first-order chi connectivity index (χ1) is 7.36. The largest absolute Gasteiger partial charge is 0.380 e. The van der Waals surface area contributed by atoms with E-state index >= 15 is 0 Å². The Kier molecular flexibility index (Phi) is 2.45. The van der Waals surface area contributed by atoms with Gasteiger partial charge >= 0.3 is 6.03 Å². The van der Waals surface area contributed by atoms with Gasteiger partial charge in [-0.15, -0.1) is 0 Å². The lowest BCUT2D eigenvalue weighted by molar-refractivity contribution is -0.131. The highest BCUT2D eigenvalue weighted by molar-refractivity contribution is 6.05. The molecule has 3 amide bonds. The van der Waals surface area contributed by atoms with Crippen LogP contribution in [-0.2, 0) is 9.53 Å².